The number of fused-ring (bicyclic) bond motifs is 1. The van der Waals surface area contributed by atoms with Gasteiger partial charge in [-0.15, -0.1) is 0 Å². The van der Waals surface area contributed by atoms with E-state index in [9.17, 15) is 19.2 Å². The van der Waals surface area contributed by atoms with Crippen molar-refractivity contribution in [3.8, 4) is 0 Å². The van der Waals surface area contributed by atoms with Gasteiger partial charge in [-0.1, -0.05) is 31.4 Å². The molecule has 148 valence electrons. The molecule has 3 rings (SSSR count). The summed E-state index contributed by atoms with van der Waals surface area (Å²) >= 11 is 0. The fraction of sp³-hybridized carbons (Fsp3) is 0.421. The predicted molar refractivity (Wildman–Crippen MR) is 101 cm³/mol. The van der Waals surface area contributed by atoms with Crippen LogP contribution >= 0.6 is 0 Å². The Morgan fingerprint density at radius 2 is 1.89 bits per heavy atom. The van der Waals surface area contributed by atoms with Crippen LogP contribution in [0.3, 0.4) is 0 Å². The molecule has 9 heteroatoms. The molecule has 0 unspecified atom stereocenters. The number of carbonyl (C=O) groups is 3. The lowest BCUT2D eigenvalue weighted by Gasteiger charge is -2.22. The largest absolute Gasteiger partial charge is 0.454 e. The zero-order chi connectivity index (χ0) is 19.9. The van der Waals surface area contributed by atoms with Gasteiger partial charge in [0.2, 0.25) is 0 Å². The zero-order valence-electron chi connectivity index (χ0n) is 15.3. The number of esters is 1. The highest BCUT2D eigenvalue weighted by Crippen LogP contribution is 2.17. The van der Waals surface area contributed by atoms with Gasteiger partial charge in [-0.2, -0.15) is 0 Å². The molecule has 1 heterocycles. The van der Waals surface area contributed by atoms with Gasteiger partial charge in [-0.05, 0) is 25.0 Å². The van der Waals surface area contributed by atoms with E-state index in [0.717, 1.165) is 36.7 Å². The topological polar surface area (TPSA) is 119 Å². The molecular weight excluding hydrogens is 364 g/mol. The Balaban J connectivity index is 1.46. The molecule has 1 aliphatic carbocycles. The maximum absolute atomic E-state index is 12.3. The summed E-state index contributed by atoms with van der Waals surface area (Å²) in [6, 6.07) is 6.25. The molecule has 1 saturated carbocycles. The monoisotopic (exact) mass is 386 g/mol. The van der Waals surface area contributed by atoms with Crippen LogP contribution in [-0.4, -0.2) is 40.1 Å². The summed E-state index contributed by atoms with van der Waals surface area (Å²) in [6.07, 6.45) is 6.31. The second kappa shape index (κ2) is 9.12. The molecule has 0 aliphatic heterocycles. The summed E-state index contributed by atoms with van der Waals surface area (Å²) in [5.41, 5.74) is 0.152. The average molecular weight is 386 g/mol. The Morgan fingerprint density at radius 1 is 1.14 bits per heavy atom. The number of para-hydroxylation sites is 1. The highest BCUT2D eigenvalue weighted by atomic mass is 16.5. The molecule has 0 radical (unpaired) electrons. The number of aromatic nitrogens is 2. The molecule has 1 fully saturated rings. The molecule has 3 amide bonds. The Kier molecular flexibility index (Phi) is 6.36. The quantitative estimate of drug-likeness (QED) is 0.743. The number of ether oxygens (including phenoxy) is 1. The van der Waals surface area contributed by atoms with Gasteiger partial charge in [0, 0.05) is 6.04 Å². The van der Waals surface area contributed by atoms with E-state index in [1.165, 1.54) is 6.33 Å². The predicted octanol–water partition coefficient (Wildman–Crippen LogP) is 1.10. The molecule has 9 nitrogen and oxygen atoms in total. The van der Waals surface area contributed by atoms with E-state index in [0.29, 0.717) is 10.9 Å². The standard InChI is InChI=1S/C19H22N4O5/c24-16(22-19(27)21-13-6-2-1-3-7-13)11-28-17(25)10-23-12-20-15-9-5-4-8-14(15)18(23)26/h4-5,8-9,12-13H,1-3,6-7,10-11H2,(H2,21,22,24,27). The van der Waals surface area contributed by atoms with Gasteiger partial charge in [-0.25, -0.2) is 9.78 Å². The molecule has 28 heavy (non-hydrogen) atoms. The number of benzene rings is 1. The number of carbonyl (C=O) groups excluding carboxylic acids is 3. The molecule has 0 saturated heterocycles. The third kappa shape index (κ3) is 5.15. The number of imide groups is 1. The zero-order valence-corrected chi connectivity index (χ0v) is 15.3. The van der Waals surface area contributed by atoms with Crippen molar-refractivity contribution in [1.29, 1.82) is 0 Å². The lowest BCUT2D eigenvalue weighted by Crippen LogP contribution is -2.46. The Hall–Kier alpha value is -3.23. The minimum absolute atomic E-state index is 0.0661. The van der Waals surface area contributed by atoms with Crippen LogP contribution < -0.4 is 16.2 Å². The van der Waals surface area contributed by atoms with Crippen molar-refractivity contribution in [2.75, 3.05) is 6.61 Å². The number of nitrogens with zero attached hydrogens (tertiary/aromatic N) is 2. The lowest BCUT2D eigenvalue weighted by molar-refractivity contribution is -0.148. The first-order valence-corrected chi connectivity index (χ1v) is 9.23. The fourth-order valence-electron chi connectivity index (χ4n) is 3.18. The summed E-state index contributed by atoms with van der Waals surface area (Å²) in [5.74, 6) is -1.51. The molecule has 1 aromatic heterocycles. The first-order chi connectivity index (χ1) is 13.5. The minimum atomic E-state index is -0.776. The number of rotatable bonds is 5. The van der Waals surface area contributed by atoms with Crippen LogP contribution in [0.5, 0.6) is 0 Å². The summed E-state index contributed by atoms with van der Waals surface area (Å²) < 4.78 is 5.96. The normalized spacial score (nSPS) is 14.4. The van der Waals surface area contributed by atoms with Gasteiger partial charge in [0.15, 0.2) is 6.61 Å². The maximum Gasteiger partial charge on any atom is 0.326 e. The van der Waals surface area contributed by atoms with E-state index >= 15 is 0 Å². The molecular formula is C19H22N4O5. The highest BCUT2D eigenvalue weighted by molar-refractivity contribution is 5.95. The molecule has 2 aromatic rings. The molecule has 0 atom stereocenters. The van der Waals surface area contributed by atoms with E-state index in [2.05, 4.69) is 15.6 Å². The Morgan fingerprint density at radius 3 is 2.68 bits per heavy atom. The highest BCUT2D eigenvalue weighted by Gasteiger charge is 2.17. The molecule has 0 spiro atoms. The van der Waals surface area contributed by atoms with E-state index < -0.39 is 24.5 Å². The van der Waals surface area contributed by atoms with Gasteiger partial charge < -0.3 is 10.1 Å². The van der Waals surface area contributed by atoms with Crippen molar-refractivity contribution >= 4 is 28.8 Å². The van der Waals surface area contributed by atoms with Crippen molar-refractivity contribution in [2.45, 2.75) is 44.7 Å². The summed E-state index contributed by atoms with van der Waals surface area (Å²) in [4.78, 5) is 51.9. The third-order valence-electron chi connectivity index (χ3n) is 4.59. The van der Waals surface area contributed by atoms with Gasteiger partial charge >= 0.3 is 12.0 Å². The molecule has 1 aromatic carbocycles. The van der Waals surface area contributed by atoms with E-state index in [1.54, 1.807) is 24.3 Å². The van der Waals surface area contributed by atoms with Gasteiger partial charge in [0.1, 0.15) is 6.54 Å². The van der Waals surface area contributed by atoms with Gasteiger partial charge in [0.05, 0.1) is 17.2 Å². The van der Waals surface area contributed by atoms with E-state index in [4.69, 9.17) is 4.74 Å². The van der Waals surface area contributed by atoms with Gasteiger partial charge in [0.25, 0.3) is 11.5 Å². The fourth-order valence-corrected chi connectivity index (χ4v) is 3.18. The first kappa shape index (κ1) is 19.5. The number of hydrogen-bond donors (Lipinski definition) is 2. The van der Waals surface area contributed by atoms with Crippen LogP contribution in [0.15, 0.2) is 35.4 Å². The number of amides is 3. The molecule has 1 aliphatic rings. The summed E-state index contributed by atoms with van der Waals surface area (Å²) in [7, 11) is 0. The Bertz CT molecular complexity index is 933. The van der Waals surface area contributed by atoms with Crippen LogP contribution in [0, 0.1) is 0 Å². The van der Waals surface area contributed by atoms with Crippen molar-refractivity contribution in [2.24, 2.45) is 0 Å². The van der Waals surface area contributed by atoms with Crippen LogP contribution in [0.4, 0.5) is 4.79 Å². The van der Waals surface area contributed by atoms with Crippen LogP contribution in [0.25, 0.3) is 10.9 Å². The Labute approximate surface area is 161 Å². The second-order valence-electron chi connectivity index (χ2n) is 6.71. The maximum atomic E-state index is 12.3. The van der Waals surface area contributed by atoms with Crippen molar-refractivity contribution in [3.05, 3.63) is 40.9 Å². The summed E-state index contributed by atoms with van der Waals surface area (Å²) in [5, 5.41) is 5.26. The average Bonchev–Trinajstić information content (AvgIpc) is 2.69. The lowest BCUT2D eigenvalue weighted by atomic mass is 9.96. The van der Waals surface area contributed by atoms with E-state index in [-0.39, 0.29) is 18.1 Å². The minimum Gasteiger partial charge on any atom is -0.454 e. The van der Waals surface area contributed by atoms with Crippen molar-refractivity contribution in [3.63, 3.8) is 0 Å². The van der Waals surface area contributed by atoms with Crippen LogP contribution in [0.2, 0.25) is 0 Å². The van der Waals surface area contributed by atoms with Crippen molar-refractivity contribution < 1.29 is 19.1 Å². The molecule has 2 N–H and O–H groups in total. The van der Waals surface area contributed by atoms with E-state index in [1.807, 2.05) is 0 Å². The number of hydrogen-bond acceptors (Lipinski definition) is 6. The SMILES string of the molecule is O=C(COC(=O)Cn1cnc2ccccc2c1=O)NC(=O)NC1CCCCC1. The van der Waals surface area contributed by atoms with Crippen LogP contribution in [0.1, 0.15) is 32.1 Å². The van der Waals surface area contributed by atoms with Crippen molar-refractivity contribution in [1.82, 2.24) is 20.2 Å². The van der Waals surface area contributed by atoms with Gasteiger partial charge in [-0.3, -0.25) is 24.3 Å². The number of nitrogens with one attached hydrogen (secondary N) is 2. The summed E-state index contributed by atoms with van der Waals surface area (Å²) in [6.45, 7) is -0.981. The number of urea groups is 1. The van der Waals surface area contributed by atoms with Crippen LogP contribution in [-0.2, 0) is 20.9 Å². The first-order valence-electron chi connectivity index (χ1n) is 9.23. The third-order valence-corrected chi connectivity index (χ3v) is 4.59. The second-order valence-corrected chi connectivity index (χ2v) is 6.71. The molecule has 0 bridgehead atoms. The smallest absolute Gasteiger partial charge is 0.326 e.